The second-order valence-electron chi connectivity index (χ2n) is 6.15. The molecule has 2 heteroatoms. The minimum Gasteiger partial charge on any atom is -0.358 e. The van der Waals surface area contributed by atoms with Gasteiger partial charge in [-0.1, -0.05) is 81.3 Å². The van der Waals surface area contributed by atoms with Crippen LogP contribution in [0.2, 0.25) is 0 Å². The molecule has 3 rings (SSSR count). The van der Waals surface area contributed by atoms with E-state index in [-0.39, 0.29) is 5.60 Å². The van der Waals surface area contributed by atoms with Crippen LogP contribution in [0.1, 0.15) is 56.2 Å². The first-order valence-corrected chi connectivity index (χ1v) is 8.24. The van der Waals surface area contributed by atoms with Crippen molar-refractivity contribution in [2.24, 2.45) is 0 Å². The van der Waals surface area contributed by atoms with Crippen molar-refractivity contribution in [2.45, 2.75) is 50.9 Å². The summed E-state index contributed by atoms with van der Waals surface area (Å²) in [5.41, 5.74) is 2.45. The molecule has 2 nitrogen and oxygen atoms in total. The average molecular weight is 296 g/mol. The lowest BCUT2D eigenvalue weighted by Crippen LogP contribution is -2.33. The van der Waals surface area contributed by atoms with Gasteiger partial charge in [0.05, 0.1) is 5.60 Å². The van der Waals surface area contributed by atoms with Crippen molar-refractivity contribution in [3.63, 3.8) is 0 Å². The van der Waals surface area contributed by atoms with E-state index in [2.05, 4.69) is 19.9 Å². The minimum absolute atomic E-state index is 0.384. The van der Waals surface area contributed by atoms with E-state index >= 15 is 0 Å². The quantitative estimate of drug-likeness (QED) is 0.866. The largest absolute Gasteiger partial charge is 0.358 e. The molecule has 1 atom stereocenters. The maximum Gasteiger partial charge on any atom is 0.221 e. The van der Waals surface area contributed by atoms with Crippen LogP contribution in [-0.2, 0) is 16.1 Å². The summed E-state index contributed by atoms with van der Waals surface area (Å²) in [5, 5.41) is 11.4. The van der Waals surface area contributed by atoms with Crippen LogP contribution in [-0.4, -0.2) is 5.11 Å². The minimum atomic E-state index is -1.35. The summed E-state index contributed by atoms with van der Waals surface area (Å²) in [5.74, 6) is -1.35. The smallest absolute Gasteiger partial charge is 0.221 e. The van der Waals surface area contributed by atoms with Crippen LogP contribution in [0.4, 0.5) is 0 Å². The maximum absolute atomic E-state index is 11.4. The lowest BCUT2D eigenvalue weighted by Gasteiger charge is -2.33. The Morgan fingerprint density at radius 1 is 0.818 bits per heavy atom. The summed E-state index contributed by atoms with van der Waals surface area (Å²) < 4.78 is 6.43. The Balaban J connectivity index is 2.17. The van der Waals surface area contributed by atoms with Crippen molar-refractivity contribution in [1.82, 2.24) is 0 Å². The molecule has 22 heavy (non-hydrogen) atoms. The van der Waals surface area contributed by atoms with Gasteiger partial charge in [-0.15, -0.1) is 0 Å². The Morgan fingerprint density at radius 3 is 1.95 bits per heavy atom. The highest BCUT2D eigenvalue weighted by Crippen LogP contribution is 2.53. The zero-order valence-corrected chi connectivity index (χ0v) is 13.4. The fraction of sp³-hybridized carbons (Fsp3) is 0.400. The first-order valence-electron chi connectivity index (χ1n) is 8.24. The van der Waals surface area contributed by atoms with Crippen molar-refractivity contribution in [1.29, 1.82) is 0 Å². The molecule has 2 aromatic carbocycles. The summed E-state index contributed by atoms with van der Waals surface area (Å²) in [4.78, 5) is 0. The number of fused-ring (bicyclic) bond motifs is 1. The highest BCUT2D eigenvalue weighted by Gasteiger charge is 2.52. The van der Waals surface area contributed by atoms with Gasteiger partial charge in [-0.05, 0) is 18.4 Å². The molecule has 116 valence electrons. The van der Waals surface area contributed by atoms with Crippen molar-refractivity contribution >= 4 is 0 Å². The molecule has 0 bridgehead atoms. The van der Waals surface area contributed by atoms with E-state index in [9.17, 15) is 5.11 Å². The first kappa shape index (κ1) is 15.3. The zero-order valence-electron chi connectivity index (χ0n) is 13.4. The van der Waals surface area contributed by atoms with E-state index in [4.69, 9.17) is 4.74 Å². The van der Waals surface area contributed by atoms with Crippen LogP contribution < -0.4 is 0 Å². The standard InChI is InChI=1S/C20H24O2/c1-3-14-19(15-4-2)17-12-8-9-13-18(17)20(21,22-19)16-10-6-5-7-11-16/h5-13,21H,3-4,14-15H2,1-2H3. The zero-order chi connectivity index (χ0) is 15.6. The molecule has 0 radical (unpaired) electrons. The Bertz CT molecular complexity index is 629. The molecule has 0 amide bonds. The van der Waals surface area contributed by atoms with Gasteiger partial charge in [0.1, 0.15) is 0 Å². The lowest BCUT2D eigenvalue weighted by atomic mass is 9.83. The highest BCUT2D eigenvalue weighted by molar-refractivity contribution is 5.45. The van der Waals surface area contributed by atoms with Crippen LogP contribution >= 0.6 is 0 Å². The highest BCUT2D eigenvalue weighted by atomic mass is 16.6. The number of hydrogen-bond acceptors (Lipinski definition) is 2. The second kappa shape index (κ2) is 5.86. The van der Waals surface area contributed by atoms with Gasteiger partial charge in [0, 0.05) is 11.1 Å². The molecule has 1 heterocycles. The molecule has 1 N–H and O–H groups in total. The summed E-state index contributed by atoms with van der Waals surface area (Å²) in [6.07, 6.45) is 3.90. The third-order valence-corrected chi connectivity index (χ3v) is 4.60. The first-order chi connectivity index (χ1) is 10.7. The van der Waals surface area contributed by atoms with Gasteiger partial charge in [-0.25, -0.2) is 0 Å². The third kappa shape index (κ3) is 2.27. The van der Waals surface area contributed by atoms with E-state index in [0.717, 1.165) is 42.4 Å². The fourth-order valence-corrected chi connectivity index (χ4v) is 3.75. The third-order valence-electron chi connectivity index (χ3n) is 4.60. The van der Waals surface area contributed by atoms with E-state index in [1.54, 1.807) is 0 Å². The molecule has 0 saturated carbocycles. The maximum atomic E-state index is 11.4. The van der Waals surface area contributed by atoms with Gasteiger partial charge in [-0.3, -0.25) is 0 Å². The van der Waals surface area contributed by atoms with Crippen molar-refractivity contribution in [3.05, 3.63) is 71.3 Å². The van der Waals surface area contributed by atoms with Gasteiger partial charge >= 0.3 is 0 Å². The number of hydrogen-bond donors (Lipinski definition) is 1. The average Bonchev–Trinajstić information content (AvgIpc) is 2.80. The summed E-state index contributed by atoms with van der Waals surface area (Å²) in [7, 11) is 0. The van der Waals surface area contributed by atoms with E-state index < -0.39 is 5.79 Å². The normalized spacial score (nSPS) is 22.5. The topological polar surface area (TPSA) is 29.5 Å². The molecule has 1 aliphatic heterocycles. The summed E-state index contributed by atoms with van der Waals surface area (Å²) in [6.45, 7) is 4.34. The predicted octanol–water partition coefficient (Wildman–Crippen LogP) is 4.71. The lowest BCUT2D eigenvalue weighted by molar-refractivity contribution is -0.238. The van der Waals surface area contributed by atoms with Gasteiger partial charge in [-0.2, -0.15) is 0 Å². The van der Waals surface area contributed by atoms with Crippen molar-refractivity contribution < 1.29 is 9.84 Å². The molecule has 1 aliphatic rings. The van der Waals surface area contributed by atoms with Crippen LogP contribution in [0, 0.1) is 0 Å². The Kier molecular flexibility index (Phi) is 4.07. The molecule has 0 aliphatic carbocycles. The fourth-order valence-electron chi connectivity index (χ4n) is 3.75. The van der Waals surface area contributed by atoms with Gasteiger partial charge in [0.15, 0.2) is 0 Å². The Morgan fingerprint density at radius 2 is 1.36 bits per heavy atom. The number of aliphatic hydroxyl groups is 1. The van der Waals surface area contributed by atoms with E-state index in [0.29, 0.717) is 0 Å². The monoisotopic (exact) mass is 296 g/mol. The Labute approximate surface area is 132 Å². The number of ether oxygens (including phenoxy) is 1. The molecular weight excluding hydrogens is 272 g/mol. The predicted molar refractivity (Wildman–Crippen MR) is 88.5 cm³/mol. The molecule has 0 spiro atoms. The number of benzene rings is 2. The van der Waals surface area contributed by atoms with Crippen LogP contribution in [0.15, 0.2) is 54.6 Å². The van der Waals surface area contributed by atoms with Gasteiger partial charge < -0.3 is 9.84 Å². The molecule has 1 unspecified atom stereocenters. The van der Waals surface area contributed by atoms with Crippen molar-refractivity contribution in [3.8, 4) is 0 Å². The second-order valence-corrected chi connectivity index (χ2v) is 6.15. The summed E-state index contributed by atoms with van der Waals surface area (Å²) in [6, 6.07) is 17.8. The molecular formula is C20H24O2. The SMILES string of the molecule is CCCC1(CCC)OC(O)(c2ccccc2)c2ccccc21. The van der Waals surface area contributed by atoms with Crippen molar-refractivity contribution in [2.75, 3.05) is 0 Å². The Hall–Kier alpha value is -1.64. The van der Waals surface area contributed by atoms with E-state index in [1.165, 1.54) is 0 Å². The molecule has 0 fully saturated rings. The molecule has 0 aromatic heterocycles. The summed E-state index contributed by atoms with van der Waals surface area (Å²) >= 11 is 0. The van der Waals surface area contributed by atoms with E-state index in [1.807, 2.05) is 48.5 Å². The van der Waals surface area contributed by atoms with Gasteiger partial charge in [0.25, 0.3) is 0 Å². The van der Waals surface area contributed by atoms with Crippen LogP contribution in [0.3, 0.4) is 0 Å². The molecule has 0 saturated heterocycles. The van der Waals surface area contributed by atoms with Crippen LogP contribution in [0.25, 0.3) is 0 Å². The molecule has 2 aromatic rings. The van der Waals surface area contributed by atoms with Crippen LogP contribution in [0.5, 0.6) is 0 Å². The number of rotatable bonds is 5. The van der Waals surface area contributed by atoms with Gasteiger partial charge in [0.2, 0.25) is 5.79 Å².